The van der Waals surface area contributed by atoms with Crippen molar-refractivity contribution < 1.29 is 9.21 Å². The standard InChI is InChI=1S/C21H22N4O2/c26-18(25-12-10-21(8-9-21)11-13-25)14-22-20-24-23-19(27-20)17-7-3-5-15-4-1-2-6-16(15)17/h1-7H,8-14H2,(H,22,24). The quantitative estimate of drug-likeness (QED) is 0.766. The van der Waals surface area contributed by atoms with Crippen molar-refractivity contribution in [3.63, 3.8) is 0 Å². The highest BCUT2D eigenvalue weighted by atomic mass is 16.4. The minimum Gasteiger partial charge on any atom is -0.403 e. The van der Waals surface area contributed by atoms with Crippen LogP contribution < -0.4 is 5.32 Å². The number of hydrogen-bond acceptors (Lipinski definition) is 5. The highest BCUT2D eigenvalue weighted by Gasteiger charge is 2.44. The fraction of sp³-hybridized carbons (Fsp3) is 0.381. The van der Waals surface area contributed by atoms with E-state index in [2.05, 4.69) is 27.6 Å². The van der Waals surface area contributed by atoms with Crippen LogP contribution in [0.5, 0.6) is 0 Å². The number of likely N-dealkylation sites (tertiary alicyclic amines) is 1. The summed E-state index contributed by atoms with van der Waals surface area (Å²) in [5, 5.41) is 13.4. The minimum atomic E-state index is 0.0930. The summed E-state index contributed by atoms with van der Waals surface area (Å²) in [5.41, 5.74) is 1.47. The number of fused-ring (bicyclic) bond motifs is 1. The number of benzene rings is 2. The number of rotatable bonds is 4. The SMILES string of the molecule is O=C(CNc1nnc(-c2cccc3ccccc23)o1)N1CCC2(CC1)CC2. The second kappa shape index (κ2) is 6.37. The number of nitrogens with one attached hydrogen (secondary N) is 1. The van der Waals surface area contributed by atoms with E-state index in [1.807, 2.05) is 35.2 Å². The highest BCUT2D eigenvalue weighted by molar-refractivity contribution is 5.94. The van der Waals surface area contributed by atoms with Crippen LogP contribution in [0, 0.1) is 5.41 Å². The Morgan fingerprint density at radius 3 is 2.63 bits per heavy atom. The first-order valence-electron chi connectivity index (χ1n) is 9.56. The van der Waals surface area contributed by atoms with E-state index in [0.29, 0.717) is 11.3 Å². The molecule has 6 nitrogen and oxygen atoms in total. The summed E-state index contributed by atoms with van der Waals surface area (Å²) in [5.74, 6) is 0.547. The second-order valence-electron chi connectivity index (χ2n) is 7.67. The first-order chi connectivity index (χ1) is 13.2. The van der Waals surface area contributed by atoms with Crippen molar-refractivity contribution in [2.24, 2.45) is 5.41 Å². The third-order valence-corrected chi connectivity index (χ3v) is 5.97. The Kier molecular flexibility index (Phi) is 3.85. The van der Waals surface area contributed by atoms with Crippen molar-refractivity contribution in [2.45, 2.75) is 25.7 Å². The number of nitrogens with zero attached hydrogens (tertiary/aromatic N) is 3. The summed E-state index contributed by atoms with van der Waals surface area (Å²) in [4.78, 5) is 14.4. The normalized spacial score (nSPS) is 18.0. The van der Waals surface area contributed by atoms with Gasteiger partial charge in [-0.3, -0.25) is 4.79 Å². The average molecular weight is 362 g/mol. The molecule has 1 N–H and O–H groups in total. The number of amides is 1. The lowest BCUT2D eigenvalue weighted by molar-refractivity contribution is -0.130. The maximum Gasteiger partial charge on any atom is 0.316 e. The number of carbonyl (C=O) groups is 1. The lowest BCUT2D eigenvalue weighted by atomic mass is 9.94. The van der Waals surface area contributed by atoms with Crippen molar-refractivity contribution in [2.75, 3.05) is 25.0 Å². The molecule has 1 saturated carbocycles. The molecule has 1 aliphatic carbocycles. The van der Waals surface area contributed by atoms with Crippen molar-refractivity contribution in [1.82, 2.24) is 15.1 Å². The molecule has 5 rings (SSSR count). The number of anilines is 1. The molecule has 1 amide bonds. The van der Waals surface area contributed by atoms with Gasteiger partial charge in [-0.1, -0.05) is 41.5 Å². The van der Waals surface area contributed by atoms with Crippen LogP contribution in [0.25, 0.3) is 22.2 Å². The molecule has 1 aliphatic heterocycles. The van der Waals surface area contributed by atoms with Crippen LogP contribution in [0.4, 0.5) is 6.01 Å². The van der Waals surface area contributed by atoms with Gasteiger partial charge in [0, 0.05) is 18.7 Å². The van der Waals surface area contributed by atoms with Gasteiger partial charge in [-0.25, -0.2) is 0 Å². The summed E-state index contributed by atoms with van der Waals surface area (Å²) in [7, 11) is 0. The zero-order valence-electron chi connectivity index (χ0n) is 15.1. The van der Waals surface area contributed by atoms with E-state index in [4.69, 9.17) is 4.42 Å². The Bertz CT molecular complexity index is 977. The predicted molar refractivity (Wildman–Crippen MR) is 103 cm³/mol. The van der Waals surface area contributed by atoms with E-state index in [-0.39, 0.29) is 18.5 Å². The number of aromatic nitrogens is 2. The van der Waals surface area contributed by atoms with Gasteiger partial charge >= 0.3 is 6.01 Å². The third-order valence-electron chi connectivity index (χ3n) is 5.97. The average Bonchev–Trinajstić information content (AvgIpc) is 3.29. The van der Waals surface area contributed by atoms with E-state index >= 15 is 0 Å². The maximum absolute atomic E-state index is 12.4. The molecule has 0 unspecified atom stereocenters. The van der Waals surface area contributed by atoms with Gasteiger partial charge in [0.2, 0.25) is 11.8 Å². The van der Waals surface area contributed by atoms with Crippen LogP contribution in [0.2, 0.25) is 0 Å². The van der Waals surface area contributed by atoms with Gasteiger partial charge in [-0.05, 0) is 47.9 Å². The molecule has 0 radical (unpaired) electrons. The topological polar surface area (TPSA) is 71.3 Å². The van der Waals surface area contributed by atoms with Gasteiger partial charge in [-0.15, -0.1) is 5.10 Å². The molecule has 2 aliphatic rings. The van der Waals surface area contributed by atoms with Crippen LogP contribution in [0.3, 0.4) is 0 Å². The van der Waals surface area contributed by atoms with Crippen molar-refractivity contribution in [3.8, 4) is 11.5 Å². The van der Waals surface area contributed by atoms with Gasteiger partial charge in [-0.2, -0.15) is 0 Å². The Hall–Kier alpha value is -2.89. The van der Waals surface area contributed by atoms with Crippen LogP contribution in [-0.4, -0.2) is 40.6 Å². The van der Waals surface area contributed by atoms with E-state index in [1.54, 1.807) is 0 Å². The van der Waals surface area contributed by atoms with Gasteiger partial charge in [0.05, 0.1) is 6.54 Å². The predicted octanol–water partition coefficient (Wildman–Crippen LogP) is 3.70. The van der Waals surface area contributed by atoms with E-state index in [1.165, 1.54) is 12.8 Å². The number of carbonyl (C=O) groups excluding carboxylic acids is 1. The summed E-state index contributed by atoms with van der Waals surface area (Å²) in [6.45, 7) is 1.92. The molecule has 1 spiro atoms. The number of hydrogen-bond donors (Lipinski definition) is 1. The largest absolute Gasteiger partial charge is 0.403 e. The van der Waals surface area contributed by atoms with Crippen molar-refractivity contribution in [1.29, 1.82) is 0 Å². The summed E-state index contributed by atoms with van der Waals surface area (Å²) in [6, 6.07) is 14.4. The first-order valence-corrected chi connectivity index (χ1v) is 9.56. The van der Waals surface area contributed by atoms with Gasteiger partial charge in [0.1, 0.15) is 0 Å². The van der Waals surface area contributed by atoms with E-state index < -0.39 is 0 Å². The van der Waals surface area contributed by atoms with E-state index in [0.717, 1.165) is 42.3 Å². The second-order valence-corrected chi connectivity index (χ2v) is 7.67. The molecule has 0 atom stereocenters. The Balaban J connectivity index is 1.25. The lowest BCUT2D eigenvalue weighted by Crippen LogP contribution is -2.41. The Labute approximate surface area is 157 Å². The van der Waals surface area contributed by atoms with E-state index in [9.17, 15) is 4.79 Å². The summed E-state index contributed by atoms with van der Waals surface area (Å²) in [6.07, 6.45) is 4.97. The Morgan fingerprint density at radius 2 is 1.81 bits per heavy atom. The number of piperidine rings is 1. The summed E-state index contributed by atoms with van der Waals surface area (Å²) < 4.78 is 5.75. The Morgan fingerprint density at radius 1 is 1.04 bits per heavy atom. The minimum absolute atomic E-state index is 0.0930. The van der Waals surface area contributed by atoms with Crippen LogP contribution >= 0.6 is 0 Å². The molecule has 0 bridgehead atoms. The highest BCUT2D eigenvalue weighted by Crippen LogP contribution is 2.53. The van der Waals surface area contributed by atoms with Crippen LogP contribution in [0.1, 0.15) is 25.7 Å². The maximum atomic E-state index is 12.4. The van der Waals surface area contributed by atoms with Crippen molar-refractivity contribution >= 4 is 22.7 Å². The zero-order chi connectivity index (χ0) is 18.3. The molecule has 6 heteroatoms. The monoisotopic (exact) mass is 362 g/mol. The van der Waals surface area contributed by atoms with Crippen molar-refractivity contribution in [3.05, 3.63) is 42.5 Å². The van der Waals surface area contributed by atoms with Gasteiger partial charge < -0.3 is 14.6 Å². The molecule has 27 heavy (non-hydrogen) atoms. The smallest absolute Gasteiger partial charge is 0.316 e. The molecule has 1 saturated heterocycles. The van der Waals surface area contributed by atoms with Crippen LogP contribution in [0.15, 0.2) is 46.9 Å². The van der Waals surface area contributed by atoms with Crippen LogP contribution in [-0.2, 0) is 4.79 Å². The molecular formula is C21H22N4O2. The zero-order valence-corrected chi connectivity index (χ0v) is 15.1. The lowest BCUT2D eigenvalue weighted by Gasteiger charge is -2.32. The molecular weight excluding hydrogens is 340 g/mol. The molecule has 2 heterocycles. The summed E-state index contributed by atoms with van der Waals surface area (Å²) >= 11 is 0. The fourth-order valence-electron chi connectivity index (χ4n) is 3.99. The molecule has 2 aromatic carbocycles. The molecule has 2 fully saturated rings. The first kappa shape index (κ1) is 16.3. The molecule has 3 aromatic rings. The van der Waals surface area contributed by atoms with Gasteiger partial charge in [0.15, 0.2) is 0 Å². The fourth-order valence-corrected chi connectivity index (χ4v) is 3.99. The third kappa shape index (κ3) is 3.16. The van der Waals surface area contributed by atoms with Gasteiger partial charge in [0.25, 0.3) is 0 Å². The molecule has 1 aromatic heterocycles. The molecule has 138 valence electrons.